The van der Waals surface area contributed by atoms with Gasteiger partial charge in [-0.2, -0.15) is 0 Å². The van der Waals surface area contributed by atoms with Gasteiger partial charge in [0.1, 0.15) is 0 Å². The Hall–Kier alpha value is -1.91. The Kier molecular flexibility index (Phi) is 3.20. The van der Waals surface area contributed by atoms with E-state index in [1.807, 2.05) is 18.2 Å². The summed E-state index contributed by atoms with van der Waals surface area (Å²) in [6, 6.07) is 5.63. The van der Waals surface area contributed by atoms with Gasteiger partial charge in [0.2, 0.25) is 5.91 Å². The third-order valence-electron chi connectivity index (χ3n) is 3.57. The van der Waals surface area contributed by atoms with Crippen LogP contribution < -0.4 is 4.90 Å². The largest absolute Gasteiger partial charge is 0.392 e. The number of carbonyl (C=O) groups is 1. The molecule has 2 heterocycles. The van der Waals surface area contributed by atoms with Crippen LogP contribution >= 0.6 is 11.6 Å². The van der Waals surface area contributed by atoms with Crippen LogP contribution in [0, 0.1) is 0 Å². The maximum atomic E-state index is 11.8. The van der Waals surface area contributed by atoms with Crippen molar-refractivity contribution in [1.29, 1.82) is 0 Å². The smallest absolute Gasteiger partial charge is 0.231 e. The van der Waals surface area contributed by atoms with Crippen LogP contribution in [0.3, 0.4) is 0 Å². The number of fused-ring (bicyclic) bond motifs is 1. The van der Waals surface area contributed by atoms with E-state index in [-0.39, 0.29) is 12.5 Å². The molecule has 0 unspecified atom stereocenters. The van der Waals surface area contributed by atoms with Gasteiger partial charge in [-0.15, -0.1) is 0 Å². The first-order valence-electron chi connectivity index (χ1n) is 6.25. The lowest BCUT2D eigenvalue weighted by atomic mass is 10.0. The molecule has 1 aromatic heterocycles. The van der Waals surface area contributed by atoms with Crippen molar-refractivity contribution in [3.8, 4) is 11.1 Å². The van der Waals surface area contributed by atoms with E-state index in [1.54, 1.807) is 24.3 Å². The van der Waals surface area contributed by atoms with Crippen LogP contribution in [0.5, 0.6) is 0 Å². The number of hydrogen-bond acceptors (Lipinski definition) is 3. The Labute approximate surface area is 121 Å². The molecule has 102 valence electrons. The topological polar surface area (TPSA) is 53.4 Å². The number of likely N-dealkylation sites (N-methyl/N-ethyl adjacent to an activating group) is 1. The standard InChI is InChI=1S/C15H13ClN2O2/c1-18-13-3-2-11(15(16)12(13)5-14(18)20)10-4-9(8-19)6-17-7-10/h2-4,6-7,19H,5,8H2,1H3. The zero-order valence-electron chi connectivity index (χ0n) is 10.9. The predicted octanol–water partition coefficient (Wildman–Crippen LogP) is 2.41. The average Bonchev–Trinajstić information content (AvgIpc) is 2.76. The normalized spacial score (nSPS) is 13.8. The first kappa shape index (κ1) is 13.1. The summed E-state index contributed by atoms with van der Waals surface area (Å²) in [5, 5.41) is 9.76. The fourth-order valence-corrected chi connectivity index (χ4v) is 2.78. The van der Waals surface area contributed by atoms with Gasteiger partial charge in [0.05, 0.1) is 18.1 Å². The molecule has 0 bridgehead atoms. The summed E-state index contributed by atoms with van der Waals surface area (Å²) in [4.78, 5) is 17.5. The number of amides is 1. The number of halogens is 1. The van der Waals surface area contributed by atoms with Crippen molar-refractivity contribution < 1.29 is 9.90 Å². The highest BCUT2D eigenvalue weighted by Crippen LogP contribution is 2.39. The molecule has 0 saturated carbocycles. The monoisotopic (exact) mass is 288 g/mol. The Bertz CT molecular complexity index is 700. The minimum atomic E-state index is -0.0649. The highest BCUT2D eigenvalue weighted by molar-refractivity contribution is 6.35. The van der Waals surface area contributed by atoms with Crippen molar-refractivity contribution in [1.82, 2.24) is 4.98 Å². The summed E-state index contributed by atoms with van der Waals surface area (Å²) >= 11 is 6.45. The molecular weight excluding hydrogens is 276 g/mol. The Balaban J connectivity index is 2.13. The summed E-state index contributed by atoms with van der Waals surface area (Å²) in [6.07, 6.45) is 3.64. The number of aliphatic hydroxyl groups excluding tert-OH is 1. The molecular formula is C15H13ClN2O2. The second-order valence-electron chi connectivity index (χ2n) is 4.79. The van der Waals surface area contributed by atoms with E-state index in [0.717, 1.165) is 27.9 Å². The minimum Gasteiger partial charge on any atom is -0.392 e. The van der Waals surface area contributed by atoms with E-state index in [4.69, 9.17) is 11.6 Å². The number of carbonyl (C=O) groups excluding carboxylic acids is 1. The summed E-state index contributed by atoms with van der Waals surface area (Å²) < 4.78 is 0. The highest BCUT2D eigenvalue weighted by Gasteiger charge is 2.27. The average molecular weight is 289 g/mol. The molecule has 1 aromatic carbocycles. The Morgan fingerprint density at radius 3 is 2.95 bits per heavy atom. The summed E-state index contributed by atoms with van der Waals surface area (Å²) in [6.45, 7) is -0.0649. The number of aromatic nitrogens is 1. The SMILES string of the molecule is CN1C(=O)Cc2c1ccc(-c1cncc(CO)c1)c2Cl. The Morgan fingerprint density at radius 1 is 1.40 bits per heavy atom. The molecule has 5 heteroatoms. The second kappa shape index (κ2) is 4.89. The fraction of sp³-hybridized carbons (Fsp3) is 0.200. The molecule has 1 amide bonds. The zero-order chi connectivity index (χ0) is 14.3. The molecule has 1 N–H and O–H groups in total. The number of benzene rings is 1. The molecule has 2 aromatic rings. The number of hydrogen-bond donors (Lipinski definition) is 1. The number of pyridine rings is 1. The molecule has 0 radical (unpaired) electrons. The van der Waals surface area contributed by atoms with Gasteiger partial charge in [0.15, 0.2) is 0 Å². The van der Waals surface area contributed by atoms with Crippen molar-refractivity contribution >= 4 is 23.2 Å². The highest BCUT2D eigenvalue weighted by atomic mass is 35.5. The third kappa shape index (κ3) is 1.97. The van der Waals surface area contributed by atoms with Crippen molar-refractivity contribution in [2.45, 2.75) is 13.0 Å². The van der Waals surface area contributed by atoms with Crippen molar-refractivity contribution in [2.24, 2.45) is 0 Å². The van der Waals surface area contributed by atoms with Crippen LogP contribution in [0.25, 0.3) is 11.1 Å². The first-order valence-corrected chi connectivity index (χ1v) is 6.62. The lowest BCUT2D eigenvalue weighted by molar-refractivity contribution is -0.117. The lowest BCUT2D eigenvalue weighted by Gasteiger charge is -2.12. The maximum absolute atomic E-state index is 11.8. The van der Waals surface area contributed by atoms with Crippen LogP contribution in [0.4, 0.5) is 5.69 Å². The molecule has 4 nitrogen and oxygen atoms in total. The molecule has 3 rings (SSSR count). The molecule has 0 aliphatic carbocycles. The van der Waals surface area contributed by atoms with E-state index in [0.29, 0.717) is 11.4 Å². The van der Waals surface area contributed by atoms with Gasteiger partial charge in [-0.3, -0.25) is 9.78 Å². The third-order valence-corrected chi connectivity index (χ3v) is 4.00. The van der Waals surface area contributed by atoms with E-state index in [9.17, 15) is 9.90 Å². The van der Waals surface area contributed by atoms with Crippen LogP contribution in [-0.4, -0.2) is 23.0 Å². The number of anilines is 1. The fourth-order valence-electron chi connectivity index (χ4n) is 2.44. The number of nitrogens with zero attached hydrogens (tertiary/aromatic N) is 2. The van der Waals surface area contributed by atoms with E-state index in [2.05, 4.69) is 4.98 Å². The van der Waals surface area contributed by atoms with Gasteiger partial charge in [0, 0.05) is 41.8 Å². The van der Waals surface area contributed by atoms with Crippen LogP contribution in [0.2, 0.25) is 5.02 Å². The molecule has 0 fully saturated rings. The molecule has 1 aliphatic heterocycles. The maximum Gasteiger partial charge on any atom is 0.231 e. The van der Waals surface area contributed by atoms with Crippen molar-refractivity contribution in [3.05, 3.63) is 46.7 Å². The van der Waals surface area contributed by atoms with E-state index in [1.165, 1.54) is 0 Å². The summed E-state index contributed by atoms with van der Waals surface area (Å²) in [5.74, 6) is 0.0429. The van der Waals surface area contributed by atoms with Gasteiger partial charge < -0.3 is 10.0 Å². The predicted molar refractivity (Wildman–Crippen MR) is 77.7 cm³/mol. The molecule has 0 saturated heterocycles. The van der Waals surface area contributed by atoms with E-state index >= 15 is 0 Å². The van der Waals surface area contributed by atoms with Crippen LogP contribution in [0.15, 0.2) is 30.6 Å². The molecule has 0 spiro atoms. The second-order valence-corrected chi connectivity index (χ2v) is 5.17. The van der Waals surface area contributed by atoms with Crippen LogP contribution in [-0.2, 0) is 17.8 Å². The Morgan fingerprint density at radius 2 is 2.20 bits per heavy atom. The van der Waals surface area contributed by atoms with Gasteiger partial charge in [-0.1, -0.05) is 17.7 Å². The number of aliphatic hydroxyl groups is 1. The molecule has 20 heavy (non-hydrogen) atoms. The van der Waals surface area contributed by atoms with Crippen LogP contribution in [0.1, 0.15) is 11.1 Å². The van der Waals surface area contributed by atoms with Gasteiger partial charge in [0.25, 0.3) is 0 Å². The summed E-state index contributed by atoms with van der Waals surface area (Å²) in [7, 11) is 1.75. The van der Waals surface area contributed by atoms with Gasteiger partial charge in [-0.25, -0.2) is 0 Å². The first-order chi connectivity index (χ1) is 9.61. The van der Waals surface area contributed by atoms with Gasteiger partial charge >= 0.3 is 0 Å². The minimum absolute atomic E-state index is 0.0429. The van der Waals surface area contributed by atoms with Gasteiger partial charge in [-0.05, 0) is 17.7 Å². The summed E-state index contributed by atoms with van der Waals surface area (Å²) in [5.41, 5.74) is 4.11. The zero-order valence-corrected chi connectivity index (χ0v) is 11.7. The quantitative estimate of drug-likeness (QED) is 0.923. The lowest BCUT2D eigenvalue weighted by Crippen LogP contribution is -2.20. The molecule has 1 aliphatic rings. The van der Waals surface area contributed by atoms with Crippen molar-refractivity contribution in [2.75, 3.05) is 11.9 Å². The molecule has 0 atom stereocenters. The van der Waals surface area contributed by atoms with E-state index < -0.39 is 0 Å². The number of rotatable bonds is 2. The van der Waals surface area contributed by atoms with Crippen molar-refractivity contribution in [3.63, 3.8) is 0 Å².